The highest BCUT2D eigenvalue weighted by molar-refractivity contribution is 5.41. The van der Waals surface area contributed by atoms with E-state index in [9.17, 15) is 5.11 Å². The van der Waals surface area contributed by atoms with E-state index in [1.165, 1.54) is 0 Å². The summed E-state index contributed by atoms with van der Waals surface area (Å²) < 4.78 is 0. The molecule has 0 bridgehead atoms. The van der Waals surface area contributed by atoms with Crippen molar-refractivity contribution in [3.8, 4) is 0 Å². The van der Waals surface area contributed by atoms with Crippen molar-refractivity contribution in [2.75, 3.05) is 24.2 Å². The SMILES string of the molecule is CCCC(C)(O)CNc1cncc(NC)n1. The Balaban J connectivity index is 2.53. The molecule has 1 rings (SSSR count). The molecule has 5 nitrogen and oxygen atoms in total. The molecule has 0 spiro atoms. The van der Waals surface area contributed by atoms with Crippen LogP contribution in [0.25, 0.3) is 0 Å². The largest absolute Gasteiger partial charge is 0.388 e. The van der Waals surface area contributed by atoms with Gasteiger partial charge in [-0.1, -0.05) is 13.3 Å². The highest BCUT2D eigenvalue weighted by Crippen LogP contribution is 2.13. The number of hydrogen-bond donors (Lipinski definition) is 3. The van der Waals surface area contributed by atoms with Crippen molar-refractivity contribution in [3.63, 3.8) is 0 Å². The van der Waals surface area contributed by atoms with E-state index in [4.69, 9.17) is 0 Å². The zero-order valence-corrected chi connectivity index (χ0v) is 10.1. The van der Waals surface area contributed by atoms with E-state index < -0.39 is 5.60 Å². The molecule has 0 aliphatic heterocycles. The molecule has 1 aromatic heterocycles. The molecule has 90 valence electrons. The number of anilines is 2. The van der Waals surface area contributed by atoms with Crippen molar-refractivity contribution < 1.29 is 5.11 Å². The Morgan fingerprint density at radius 3 is 2.69 bits per heavy atom. The lowest BCUT2D eigenvalue weighted by molar-refractivity contribution is 0.0636. The zero-order chi connectivity index (χ0) is 12.0. The standard InChI is InChI=1S/C11H20N4O/c1-4-5-11(2,16)8-14-10-7-13-6-9(12-3)15-10/h6-7,16H,4-5,8H2,1-3H3,(H2,12,14,15). The molecule has 5 heteroatoms. The van der Waals surface area contributed by atoms with Gasteiger partial charge in [0.25, 0.3) is 0 Å². The average Bonchev–Trinajstić information content (AvgIpc) is 2.27. The Morgan fingerprint density at radius 1 is 1.38 bits per heavy atom. The molecular formula is C11H20N4O. The Labute approximate surface area is 96.3 Å². The van der Waals surface area contributed by atoms with E-state index in [0.29, 0.717) is 18.2 Å². The summed E-state index contributed by atoms with van der Waals surface area (Å²) in [4.78, 5) is 8.29. The third kappa shape index (κ3) is 4.02. The van der Waals surface area contributed by atoms with Gasteiger partial charge in [-0.05, 0) is 13.3 Å². The van der Waals surface area contributed by atoms with Gasteiger partial charge < -0.3 is 15.7 Å². The van der Waals surface area contributed by atoms with E-state index in [0.717, 1.165) is 12.8 Å². The molecule has 1 heterocycles. The molecule has 0 aliphatic rings. The molecule has 1 unspecified atom stereocenters. The molecule has 3 N–H and O–H groups in total. The van der Waals surface area contributed by atoms with Crippen LogP contribution in [0.4, 0.5) is 11.6 Å². The number of aliphatic hydroxyl groups is 1. The predicted octanol–water partition coefficient (Wildman–Crippen LogP) is 1.48. The molecule has 0 saturated carbocycles. The lowest BCUT2D eigenvalue weighted by atomic mass is 10.0. The second-order valence-electron chi connectivity index (χ2n) is 4.14. The number of nitrogens with zero attached hydrogens (tertiary/aromatic N) is 2. The molecule has 0 fully saturated rings. The molecule has 0 amide bonds. The van der Waals surface area contributed by atoms with Crippen LogP contribution in [0.15, 0.2) is 12.4 Å². The van der Waals surface area contributed by atoms with E-state index in [1.54, 1.807) is 19.4 Å². The summed E-state index contributed by atoms with van der Waals surface area (Å²) in [5.41, 5.74) is -0.702. The van der Waals surface area contributed by atoms with Crippen LogP contribution < -0.4 is 10.6 Å². The topological polar surface area (TPSA) is 70.1 Å². The summed E-state index contributed by atoms with van der Waals surface area (Å²) in [5, 5.41) is 16.0. The minimum Gasteiger partial charge on any atom is -0.388 e. The highest BCUT2D eigenvalue weighted by Gasteiger charge is 2.18. The maximum Gasteiger partial charge on any atom is 0.147 e. The third-order valence-corrected chi connectivity index (χ3v) is 2.33. The number of rotatable bonds is 6. The van der Waals surface area contributed by atoms with Crippen LogP contribution in [0.2, 0.25) is 0 Å². The van der Waals surface area contributed by atoms with Crippen LogP contribution in [-0.2, 0) is 0 Å². The summed E-state index contributed by atoms with van der Waals surface area (Å²) in [6.07, 6.45) is 5.01. The molecule has 1 atom stereocenters. The monoisotopic (exact) mass is 224 g/mol. The molecular weight excluding hydrogens is 204 g/mol. The van der Waals surface area contributed by atoms with Crippen molar-refractivity contribution >= 4 is 11.6 Å². The van der Waals surface area contributed by atoms with Crippen molar-refractivity contribution in [2.24, 2.45) is 0 Å². The maximum absolute atomic E-state index is 9.98. The second kappa shape index (κ2) is 5.65. The highest BCUT2D eigenvalue weighted by atomic mass is 16.3. The van der Waals surface area contributed by atoms with E-state index in [1.807, 2.05) is 6.92 Å². The summed E-state index contributed by atoms with van der Waals surface area (Å²) in [5.74, 6) is 1.38. The first-order chi connectivity index (χ1) is 7.57. The number of aromatic nitrogens is 2. The van der Waals surface area contributed by atoms with Gasteiger partial charge in [-0.25, -0.2) is 4.98 Å². The van der Waals surface area contributed by atoms with E-state index in [2.05, 4.69) is 27.5 Å². The fourth-order valence-corrected chi connectivity index (χ4v) is 1.48. The molecule has 0 radical (unpaired) electrons. The smallest absolute Gasteiger partial charge is 0.147 e. The second-order valence-corrected chi connectivity index (χ2v) is 4.14. The number of nitrogens with one attached hydrogen (secondary N) is 2. The lowest BCUT2D eigenvalue weighted by Gasteiger charge is -2.23. The van der Waals surface area contributed by atoms with Crippen LogP contribution in [-0.4, -0.2) is 34.3 Å². The third-order valence-electron chi connectivity index (χ3n) is 2.33. The van der Waals surface area contributed by atoms with Crippen molar-refractivity contribution in [2.45, 2.75) is 32.3 Å². The van der Waals surface area contributed by atoms with E-state index in [-0.39, 0.29) is 0 Å². The van der Waals surface area contributed by atoms with Crippen LogP contribution in [0.3, 0.4) is 0 Å². The quantitative estimate of drug-likeness (QED) is 0.683. The first kappa shape index (κ1) is 12.7. The molecule has 0 saturated heterocycles. The van der Waals surface area contributed by atoms with Gasteiger partial charge in [0, 0.05) is 13.6 Å². The number of hydrogen-bond acceptors (Lipinski definition) is 5. The Bertz CT molecular complexity index is 328. The first-order valence-corrected chi connectivity index (χ1v) is 5.53. The Hall–Kier alpha value is -1.36. The van der Waals surface area contributed by atoms with E-state index >= 15 is 0 Å². The normalized spacial score (nSPS) is 14.2. The van der Waals surface area contributed by atoms with Crippen LogP contribution in [0.5, 0.6) is 0 Å². The van der Waals surface area contributed by atoms with Gasteiger partial charge in [-0.3, -0.25) is 4.98 Å². The minimum atomic E-state index is -0.702. The van der Waals surface area contributed by atoms with Gasteiger partial charge in [0.05, 0.1) is 18.0 Å². The van der Waals surface area contributed by atoms with Crippen molar-refractivity contribution in [1.82, 2.24) is 9.97 Å². The first-order valence-electron chi connectivity index (χ1n) is 5.53. The van der Waals surface area contributed by atoms with Gasteiger partial charge in [0.2, 0.25) is 0 Å². The fraction of sp³-hybridized carbons (Fsp3) is 0.636. The van der Waals surface area contributed by atoms with Gasteiger partial charge >= 0.3 is 0 Å². The van der Waals surface area contributed by atoms with Crippen molar-refractivity contribution in [1.29, 1.82) is 0 Å². The Kier molecular flexibility index (Phi) is 4.49. The fourth-order valence-electron chi connectivity index (χ4n) is 1.48. The van der Waals surface area contributed by atoms with Crippen LogP contribution in [0, 0.1) is 0 Å². The Morgan fingerprint density at radius 2 is 2.06 bits per heavy atom. The van der Waals surface area contributed by atoms with Gasteiger partial charge in [0.15, 0.2) is 0 Å². The van der Waals surface area contributed by atoms with Gasteiger partial charge in [-0.2, -0.15) is 0 Å². The van der Waals surface area contributed by atoms with Gasteiger partial charge in [-0.15, -0.1) is 0 Å². The van der Waals surface area contributed by atoms with Gasteiger partial charge in [0.1, 0.15) is 11.6 Å². The summed E-state index contributed by atoms with van der Waals surface area (Å²) in [7, 11) is 1.79. The summed E-state index contributed by atoms with van der Waals surface area (Å²) in [6.45, 7) is 4.34. The average molecular weight is 224 g/mol. The predicted molar refractivity (Wildman–Crippen MR) is 65.6 cm³/mol. The zero-order valence-electron chi connectivity index (χ0n) is 10.1. The molecule has 0 aliphatic carbocycles. The molecule has 0 aromatic carbocycles. The maximum atomic E-state index is 9.98. The minimum absolute atomic E-state index is 0.475. The summed E-state index contributed by atoms with van der Waals surface area (Å²) in [6, 6.07) is 0. The van der Waals surface area contributed by atoms with Crippen LogP contribution in [0.1, 0.15) is 26.7 Å². The molecule has 16 heavy (non-hydrogen) atoms. The lowest BCUT2D eigenvalue weighted by Crippen LogP contribution is -2.33. The van der Waals surface area contributed by atoms with Crippen molar-refractivity contribution in [3.05, 3.63) is 12.4 Å². The molecule has 1 aromatic rings. The van der Waals surface area contributed by atoms with Crippen LogP contribution >= 0.6 is 0 Å². The summed E-state index contributed by atoms with van der Waals surface area (Å²) >= 11 is 0.